The minimum Gasteiger partial charge on any atom is -0.263 e. The van der Waals surface area contributed by atoms with Gasteiger partial charge in [-0.15, -0.1) is 0 Å². The fourth-order valence-electron chi connectivity index (χ4n) is 0.742. The largest absolute Gasteiger partial charge is 0.263 e. The van der Waals surface area contributed by atoms with Gasteiger partial charge in [0.25, 0.3) is 0 Å². The Kier molecular flexibility index (Phi) is 2.77. The first kappa shape index (κ1) is 9.58. The molecule has 6 heteroatoms. The van der Waals surface area contributed by atoms with Gasteiger partial charge in [-0.1, -0.05) is 9.39 Å². The standard InChI is InChI=1S/C6H9N2O2PS/c1-5-2-6(4-7-3-5)12(9,10)8-11/h2-4,8H,11H2,1H3. The summed E-state index contributed by atoms with van der Waals surface area (Å²) in [5.74, 6) is 0. The zero-order valence-corrected chi connectivity index (χ0v) is 8.45. The highest BCUT2D eigenvalue weighted by Gasteiger charge is 2.10. The first-order chi connectivity index (χ1) is 5.56. The molecule has 1 N–H and O–H groups in total. The molecule has 0 bridgehead atoms. The van der Waals surface area contributed by atoms with Gasteiger partial charge in [-0.3, -0.25) is 4.98 Å². The van der Waals surface area contributed by atoms with Crippen LogP contribution < -0.4 is 4.49 Å². The highest BCUT2D eigenvalue weighted by molar-refractivity contribution is 7.92. The number of rotatable bonds is 2. The predicted octanol–water partition coefficient (Wildman–Crippen LogP) is 0.458. The van der Waals surface area contributed by atoms with E-state index in [1.165, 1.54) is 6.20 Å². The molecular formula is C6H9N2O2PS. The number of pyridine rings is 1. The molecule has 0 aliphatic heterocycles. The van der Waals surface area contributed by atoms with Crippen molar-refractivity contribution in [3.8, 4) is 0 Å². The normalized spacial score (nSPS) is 11.5. The van der Waals surface area contributed by atoms with Crippen molar-refractivity contribution in [1.29, 1.82) is 0 Å². The summed E-state index contributed by atoms with van der Waals surface area (Å²) < 4.78 is 24.5. The lowest BCUT2D eigenvalue weighted by Crippen LogP contribution is -2.13. The molecule has 0 spiro atoms. The van der Waals surface area contributed by atoms with Crippen LogP contribution in [0.5, 0.6) is 0 Å². The van der Waals surface area contributed by atoms with Gasteiger partial charge in [-0.2, -0.15) is 4.49 Å². The van der Waals surface area contributed by atoms with Crippen LogP contribution in [0, 0.1) is 6.92 Å². The molecule has 0 fully saturated rings. The zero-order chi connectivity index (χ0) is 9.19. The summed E-state index contributed by atoms with van der Waals surface area (Å²) in [5, 5.41) is 0. The summed E-state index contributed by atoms with van der Waals surface area (Å²) in [6.45, 7) is 1.79. The Bertz CT molecular complexity index is 377. The van der Waals surface area contributed by atoms with E-state index in [1.54, 1.807) is 19.2 Å². The molecule has 1 rings (SSSR count). The third-order valence-electron chi connectivity index (χ3n) is 1.32. The van der Waals surface area contributed by atoms with Crippen LogP contribution in [0.2, 0.25) is 0 Å². The summed E-state index contributed by atoms with van der Waals surface area (Å²) in [4.78, 5) is 3.95. The number of hydrogen-bond donors (Lipinski definition) is 1. The minimum atomic E-state index is -3.37. The van der Waals surface area contributed by atoms with Gasteiger partial charge >= 0.3 is 0 Å². The molecule has 1 aromatic heterocycles. The summed E-state index contributed by atoms with van der Waals surface area (Å²) >= 11 is 0. The van der Waals surface area contributed by atoms with Gasteiger partial charge in [0, 0.05) is 12.4 Å². The maximum Gasteiger partial charge on any atom is 0.244 e. The van der Waals surface area contributed by atoms with Crippen molar-refractivity contribution in [2.24, 2.45) is 0 Å². The maximum absolute atomic E-state index is 11.2. The van der Waals surface area contributed by atoms with E-state index in [1.807, 2.05) is 9.39 Å². The highest BCUT2D eigenvalue weighted by Crippen LogP contribution is 2.08. The van der Waals surface area contributed by atoms with E-state index in [0.29, 0.717) is 0 Å². The van der Waals surface area contributed by atoms with Crippen molar-refractivity contribution in [3.05, 3.63) is 24.0 Å². The molecular weight excluding hydrogens is 195 g/mol. The second-order valence-corrected chi connectivity index (χ2v) is 4.74. The van der Waals surface area contributed by atoms with Crippen molar-refractivity contribution in [2.75, 3.05) is 0 Å². The molecule has 0 radical (unpaired) electrons. The van der Waals surface area contributed by atoms with Crippen molar-refractivity contribution in [3.63, 3.8) is 0 Å². The third kappa shape index (κ3) is 2.00. The number of aromatic nitrogens is 1. The summed E-state index contributed by atoms with van der Waals surface area (Å²) in [6, 6.07) is 1.55. The Labute approximate surface area is 73.7 Å². The Hall–Kier alpha value is -0.510. The smallest absolute Gasteiger partial charge is 0.244 e. The van der Waals surface area contributed by atoms with E-state index in [0.717, 1.165) is 5.56 Å². The van der Waals surface area contributed by atoms with Crippen molar-refractivity contribution >= 4 is 19.4 Å². The Morgan fingerprint density at radius 2 is 2.17 bits per heavy atom. The van der Waals surface area contributed by atoms with Crippen LogP contribution in [-0.4, -0.2) is 13.4 Å². The Morgan fingerprint density at radius 3 is 2.67 bits per heavy atom. The van der Waals surface area contributed by atoms with Gasteiger partial charge in [0.2, 0.25) is 10.0 Å². The average molecular weight is 204 g/mol. The van der Waals surface area contributed by atoms with Crippen LogP contribution in [0.1, 0.15) is 5.56 Å². The van der Waals surface area contributed by atoms with Crippen molar-refractivity contribution in [1.82, 2.24) is 9.48 Å². The molecule has 0 amide bonds. The predicted molar refractivity (Wildman–Crippen MR) is 49.0 cm³/mol. The van der Waals surface area contributed by atoms with E-state index in [4.69, 9.17) is 0 Å². The van der Waals surface area contributed by atoms with Crippen LogP contribution in [0.25, 0.3) is 0 Å². The van der Waals surface area contributed by atoms with E-state index in [9.17, 15) is 8.42 Å². The van der Waals surface area contributed by atoms with Gasteiger partial charge in [-0.25, -0.2) is 8.42 Å². The van der Waals surface area contributed by atoms with E-state index < -0.39 is 10.0 Å². The van der Waals surface area contributed by atoms with Crippen LogP contribution in [0.15, 0.2) is 23.4 Å². The number of hydrogen-bond acceptors (Lipinski definition) is 3. The van der Waals surface area contributed by atoms with Gasteiger partial charge in [-0.05, 0) is 18.6 Å². The van der Waals surface area contributed by atoms with Crippen LogP contribution in [0.3, 0.4) is 0 Å². The third-order valence-corrected chi connectivity index (χ3v) is 3.40. The summed E-state index contributed by atoms with van der Waals surface area (Å²) in [6.07, 6.45) is 2.90. The van der Waals surface area contributed by atoms with Gasteiger partial charge in [0.05, 0.1) is 0 Å². The quantitative estimate of drug-likeness (QED) is 0.712. The zero-order valence-electron chi connectivity index (χ0n) is 6.48. The summed E-state index contributed by atoms with van der Waals surface area (Å²) in [5.41, 5.74) is 0.816. The van der Waals surface area contributed by atoms with Crippen LogP contribution in [0.4, 0.5) is 0 Å². The molecule has 1 atom stereocenters. The van der Waals surface area contributed by atoms with Crippen LogP contribution in [-0.2, 0) is 10.0 Å². The molecule has 12 heavy (non-hydrogen) atoms. The van der Waals surface area contributed by atoms with E-state index in [2.05, 4.69) is 9.48 Å². The van der Waals surface area contributed by atoms with E-state index in [-0.39, 0.29) is 4.90 Å². The maximum atomic E-state index is 11.2. The first-order valence-electron chi connectivity index (χ1n) is 3.20. The van der Waals surface area contributed by atoms with Gasteiger partial charge in [0.1, 0.15) is 4.90 Å². The van der Waals surface area contributed by atoms with Crippen LogP contribution >= 0.6 is 9.39 Å². The van der Waals surface area contributed by atoms with Crippen molar-refractivity contribution in [2.45, 2.75) is 11.8 Å². The molecule has 1 unspecified atom stereocenters. The number of nitrogens with one attached hydrogen (secondary N) is 1. The lowest BCUT2D eigenvalue weighted by molar-refractivity contribution is 0.594. The fraction of sp³-hybridized carbons (Fsp3) is 0.167. The van der Waals surface area contributed by atoms with Crippen molar-refractivity contribution < 1.29 is 8.42 Å². The minimum absolute atomic E-state index is 0.178. The molecule has 0 saturated heterocycles. The SMILES string of the molecule is Cc1cncc(S(=O)(=O)NP)c1. The molecule has 66 valence electrons. The molecule has 1 aromatic rings. The molecule has 0 aliphatic rings. The molecule has 0 aromatic carbocycles. The lowest BCUT2D eigenvalue weighted by Gasteiger charge is -2.01. The monoisotopic (exact) mass is 204 g/mol. The summed E-state index contributed by atoms with van der Waals surface area (Å²) in [7, 11) is -1.42. The fourth-order valence-corrected chi connectivity index (χ4v) is 1.83. The molecule has 0 aliphatic carbocycles. The van der Waals surface area contributed by atoms with Gasteiger partial charge in [0.15, 0.2) is 0 Å². The Morgan fingerprint density at radius 1 is 1.50 bits per heavy atom. The number of sulfonamides is 1. The first-order valence-corrected chi connectivity index (χ1v) is 5.26. The molecule has 0 saturated carbocycles. The highest BCUT2D eigenvalue weighted by atomic mass is 32.2. The van der Waals surface area contributed by atoms with E-state index >= 15 is 0 Å². The number of aryl methyl sites for hydroxylation is 1. The topological polar surface area (TPSA) is 59.1 Å². The Balaban J connectivity index is 3.21. The van der Waals surface area contributed by atoms with Gasteiger partial charge < -0.3 is 0 Å². The second-order valence-electron chi connectivity index (χ2n) is 2.32. The average Bonchev–Trinajstić information content (AvgIpc) is 2.05. The lowest BCUT2D eigenvalue weighted by atomic mass is 10.3. The molecule has 1 heterocycles. The second kappa shape index (κ2) is 3.47. The molecule has 4 nitrogen and oxygen atoms in total. The number of nitrogens with zero attached hydrogens (tertiary/aromatic N) is 1.